The predicted molar refractivity (Wildman–Crippen MR) is 91.6 cm³/mol. The highest BCUT2D eigenvalue weighted by Gasteiger charge is 2.36. The van der Waals surface area contributed by atoms with Crippen LogP contribution in [0.2, 0.25) is 0 Å². The fourth-order valence-electron chi connectivity index (χ4n) is 3.61. The molecule has 1 unspecified atom stereocenters. The Balaban J connectivity index is 1.76. The summed E-state index contributed by atoms with van der Waals surface area (Å²) < 4.78 is 0. The first-order valence-corrected chi connectivity index (χ1v) is 8.18. The van der Waals surface area contributed by atoms with Crippen molar-refractivity contribution in [1.82, 2.24) is 4.90 Å². The molecule has 3 nitrogen and oxygen atoms in total. The zero-order chi connectivity index (χ0) is 16.3. The largest absolute Gasteiger partial charge is 0.478 e. The number of rotatable bonds is 5. The third-order valence-corrected chi connectivity index (χ3v) is 4.88. The minimum atomic E-state index is -0.861. The number of nitrogens with zero attached hydrogens (tertiary/aromatic N) is 1. The van der Waals surface area contributed by atoms with Crippen LogP contribution in [0.15, 0.2) is 54.6 Å². The Kier molecular flexibility index (Phi) is 4.49. The number of likely N-dealkylation sites (tertiary alicyclic amines) is 1. The van der Waals surface area contributed by atoms with Crippen molar-refractivity contribution in [3.8, 4) is 0 Å². The first kappa shape index (κ1) is 15.8. The van der Waals surface area contributed by atoms with Crippen LogP contribution in [0.25, 0.3) is 0 Å². The van der Waals surface area contributed by atoms with Gasteiger partial charge >= 0.3 is 5.97 Å². The topological polar surface area (TPSA) is 40.5 Å². The molecule has 1 heterocycles. The van der Waals surface area contributed by atoms with Gasteiger partial charge in [-0.05, 0) is 56.0 Å². The summed E-state index contributed by atoms with van der Waals surface area (Å²) in [7, 11) is 0. The maximum Gasteiger partial charge on any atom is 0.335 e. The lowest BCUT2D eigenvalue weighted by Gasteiger charge is -2.35. The van der Waals surface area contributed by atoms with E-state index in [0.717, 1.165) is 25.1 Å². The zero-order valence-electron chi connectivity index (χ0n) is 13.5. The molecule has 2 aromatic rings. The number of carboxylic acids is 1. The van der Waals surface area contributed by atoms with Gasteiger partial charge in [-0.1, -0.05) is 42.5 Å². The van der Waals surface area contributed by atoms with E-state index in [0.29, 0.717) is 5.56 Å². The lowest BCUT2D eigenvalue weighted by molar-refractivity contribution is 0.0696. The first-order chi connectivity index (χ1) is 11.1. The number of benzene rings is 2. The molecule has 3 rings (SSSR count). The molecule has 0 aliphatic carbocycles. The smallest absolute Gasteiger partial charge is 0.335 e. The predicted octanol–water partition coefficient (Wildman–Crippen LogP) is 3.98. The molecular formula is C20H23NO2. The Hall–Kier alpha value is -2.13. The number of carbonyl (C=O) groups is 1. The van der Waals surface area contributed by atoms with Gasteiger partial charge in [-0.15, -0.1) is 0 Å². The van der Waals surface area contributed by atoms with Crippen LogP contribution in [0.3, 0.4) is 0 Å². The van der Waals surface area contributed by atoms with Crippen LogP contribution in [-0.4, -0.2) is 28.1 Å². The summed E-state index contributed by atoms with van der Waals surface area (Å²) in [6.45, 7) is 4.21. The maximum absolute atomic E-state index is 11.1. The molecule has 0 aromatic heterocycles. The third kappa shape index (κ3) is 3.62. The Labute approximate surface area is 137 Å². The van der Waals surface area contributed by atoms with Crippen LogP contribution in [0, 0.1) is 0 Å². The van der Waals surface area contributed by atoms with E-state index in [-0.39, 0.29) is 5.54 Å². The van der Waals surface area contributed by atoms with E-state index in [1.54, 1.807) is 12.1 Å². The van der Waals surface area contributed by atoms with Crippen molar-refractivity contribution in [2.24, 2.45) is 0 Å². The van der Waals surface area contributed by atoms with E-state index >= 15 is 0 Å². The van der Waals surface area contributed by atoms with Crippen molar-refractivity contribution in [2.75, 3.05) is 6.54 Å². The molecule has 3 heteroatoms. The van der Waals surface area contributed by atoms with Gasteiger partial charge in [0.05, 0.1) is 5.56 Å². The summed E-state index contributed by atoms with van der Waals surface area (Å²) >= 11 is 0. The van der Waals surface area contributed by atoms with Gasteiger partial charge in [-0.2, -0.15) is 0 Å². The zero-order valence-corrected chi connectivity index (χ0v) is 13.5. The SMILES string of the molecule is CC1(Cc2ccccc2)CCCN1Cc1cccc(C(=O)O)c1. The molecule has 1 saturated heterocycles. The van der Waals surface area contributed by atoms with E-state index in [1.165, 1.54) is 18.4 Å². The van der Waals surface area contributed by atoms with Gasteiger partial charge in [0.25, 0.3) is 0 Å². The summed E-state index contributed by atoms with van der Waals surface area (Å²) in [6, 6.07) is 17.9. The van der Waals surface area contributed by atoms with Crippen molar-refractivity contribution < 1.29 is 9.90 Å². The fraction of sp³-hybridized carbons (Fsp3) is 0.350. The maximum atomic E-state index is 11.1. The van der Waals surface area contributed by atoms with E-state index in [2.05, 4.69) is 42.2 Å². The number of hydrogen-bond donors (Lipinski definition) is 1. The molecule has 120 valence electrons. The summed E-state index contributed by atoms with van der Waals surface area (Å²) in [5.41, 5.74) is 2.94. The molecule has 1 fully saturated rings. The molecule has 1 aliphatic heterocycles. The van der Waals surface area contributed by atoms with Crippen LogP contribution in [0.1, 0.15) is 41.3 Å². The van der Waals surface area contributed by atoms with Crippen molar-refractivity contribution >= 4 is 5.97 Å². The molecule has 1 N–H and O–H groups in total. The lowest BCUT2D eigenvalue weighted by Crippen LogP contribution is -2.42. The van der Waals surface area contributed by atoms with Crippen LogP contribution in [0.5, 0.6) is 0 Å². The van der Waals surface area contributed by atoms with Gasteiger partial charge in [0.2, 0.25) is 0 Å². The Morgan fingerprint density at radius 1 is 1.13 bits per heavy atom. The minimum absolute atomic E-state index is 0.139. The van der Waals surface area contributed by atoms with E-state index in [4.69, 9.17) is 5.11 Å². The van der Waals surface area contributed by atoms with Gasteiger partial charge in [0, 0.05) is 12.1 Å². The van der Waals surface area contributed by atoms with Crippen LogP contribution < -0.4 is 0 Å². The van der Waals surface area contributed by atoms with Crippen molar-refractivity contribution in [3.05, 3.63) is 71.3 Å². The Morgan fingerprint density at radius 2 is 1.87 bits per heavy atom. The second-order valence-corrected chi connectivity index (χ2v) is 6.69. The summed E-state index contributed by atoms with van der Waals surface area (Å²) in [4.78, 5) is 13.6. The van der Waals surface area contributed by atoms with Crippen molar-refractivity contribution in [2.45, 2.75) is 38.3 Å². The molecule has 0 spiro atoms. The summed E-state index contributed by atoms with van der Waals surface area (Å²) in [5, 5.41) is 9.15. The van der Waals surface area contributed by atoms with Crippen molar-refractivity contribution in [1.29, 1.82) is 0 Å². The average Bonchev–Trinajstić information content (AvgIpc) is 2.89. The van der Waals surface area contributed by atoms with Gasteiger partial charge in [0.1, 0.15) is 0 Å². The highest BCUT2D eigenvalue weighted by molar-refractivity contribution is 5.87. The summed E-state index contributed by atoms with van der Waals surface area (Å²) in [6.07, 6.45) is 3.41. The van der Waals surface area contributed by atoms with Crippen molar-refractivity contribution in [3.63, 3.8) is 0 Å². The minimum Gasteiger partial charge on any atom is -0.478 e. The summed E-state index contributed by atoms with van der Waals surface area (Å²) in [5.74, 6) is -0.861. The number of hydrogen-bond acceptors (Lipinski definition) is 2. The average molecular weight is 309 g/mol. The van der Waals surface area contributed by atoms with Gasteiger partial charge < -0.3 is 5.11 Å². The lowest BCUT2D eigenvalue weighted by atomic mass is 9.90. The third-order valence-electron chi connectivity index (χ3n) is 4.88. The molecule has 0 bridgehead atoms. The molecule has 23 heavy (non-hydrogen) atoms. The highest BCUT2D eigenvalue weighted by Crippen LogP contribution is 2.33. The quantitative estimate of drug-likeness (QED) is 0.908. The van der Waals surface area contributed by atoms with Gasteiger partial charge in [0.15, 0.2) is 0 Å². The first-order valence-electron chi connectivity index (χ1n) is 8.18. The monoisotopic (exact) mass is 309 g/mol. The second-order valence-electron chi connectivity index (χ2n) is 6.69. The van der Waals surface area contributed by atoms with Gasteiger partial charge in [-0.25, -0.2) is 4.79 Å². The molecule has 0 saturated carbocycles. The van der Waals surface area contributed by atoms with Crippen LogP contribution in [0.4, 0.5) is 0 Å². The molecular weight excluding hydrogens is 286 g/mol. The number of aromatic carboxylic acids is 1. The molecule has 1 aliphatic rings. The van der Waals surface area contributed by atoms with Crippen LogP contribution in [-0.2, 0) is 13.0 Å². The van der Waals surface area contributed by atoms with Crippen LogP contribution >= 0.6 is 0 Å². The molecule has 0 radical (unpaired) electrons. The molecule has 2 aromatic carbocycles. The highest BCUT2D eigenvalue weighted by atomic mass is 16.4. The normalized spacial score (nSPS) is 21.4. The van der Waals surface area contributed by atoms with E-state index in [9.17, 15) is 4.79 Å². The van der Waals surface area contributed by atoms with E-state index < -0.39 is 5.97 Å². The number of carboxylic acid groups (broad SMARTS) is 1. The Morgan fingerprint density at radius 3 is 2.61 bits per heavy atom. The van der Waals surface area contributed by atoms with Gasteiger partial charge in [-0.3, -0.25) is 4.90 Å². The fourth-order valence-corrected chi connectivity index (χ4v) is 3.61. The standard InChI is InChI=1S/C20H23NO2/c1-20(14-16-7-3-2-4-8-16)11-6-12-21(20)15-17-9-5-10-18(13-17)19(22)23/h2-5,7-10,13H,6,11-12,14-15H2,1H3,(H,22,23). The molecule has 0 amide bonds. The Bertz CT molecular complexity index is 683. The van der Waals surface area contributed by atoms with E-state index in [1.807, 2.05) is 12.1 Å². The second kappa shape index (κ2) is 6.55. The molecule has 1 atom stereocenters.